The van der Waals surface area contributed by atoms with Gasteiger partial charge in [0.1, 0.15) is 0 Å². The molecule has 3 aromatic rings. The molecule has 0 fully saturated rings. The first-order chi connectivity index (χ1) is 10.4. The minimum absolute atomic E-state index is 0.783. The molecule has 0 unspecified atom stereocenters. The summed E-state index contributed by atoms with van der Waals surface area (Å²) in [5.41, 5.74) is 4.64. The molecule has 0 bridgehead atoms. The molecule has 21 heavy (non-hydrogen) atoms. The standard InChI is InChI=1S/C21H20/c1-2-8-19-14-16(12-13-17(19)6-1)15-20-10-5-9-18-7-3-4-11-21(18)20/h1-11,16H,12-15H2/t16-/m0/s1. The van der Waals surface area contributed by atoms with E-state index in [-0.39, 0.29) is 0 Å². The largest absolute Gasteiger partial charge is 0.0620 e. The lowest BCUT2D eigenvalue weighted by Crippen LogP contribution is -2.16. The first-order valence-corrected chi connectivity index (χ1v) is 7.93. The van der Waals surface area contributed by atoms with Gasteiger partial charge in [0, 0.05) is 0 Å². The Bertz CT molecular complexity index is 764. The zero-order valence-corrected chi connectivity index (χ0v) is 12.3. The van der Waals surface area contributed by atoms with Crippen molar-refractivity contribution in [3.8, 4) is 0 Å². The van der Waals surface area contributed by atoms with Crippen LogP contribution in [0.3, 0.4) is 0 Å². The molecule has 0 aliphatic heterocycles. The number of hydrogen-bond donors (Lipinski definition) is 0. The van der Waals surface area contributed by atoms with Crippen molar-refractivity contribution in [3.63, 3.8) is 0 Å². The maximum absolute atomic E-state index is 2.31. The second kappa shape index (κ2) is 5.37. The van der Waals surface area contributed by atoms with E-state index < -0.39 is 0 Å². The highest BCUT2D eigenvalue weighted by atomic mass is 14.2. The highest BCUT2D eigenvalue weighted by Crippen LogP contribution is 2.30. The molecule has 0 N–H and O–H groups in total. The van der Waals surface area contributed by atoms with E-state index in [1.54, 1.807) is 11.1 Å². The number of benzene rings is 3. The fraction of sp³-hybridized carbons (Fsp3) is 0.238. The fourth-order valence-corrected chi connectivity index (χ4v) is 3.73. The lowest BCUT2D eigenvalue weighted by Gasteiger charge is -2.25. The van der Waals surface area contributed by atoms with Gasteiger partial charge in [0.25, 0.3) is 0 Å². The second-order valence-electron chi connectivity index (χ2n) is 6.22. The molecule has 1 aliphatic carbocycles. The van der Waals surface area contributed by atoms with Crippen LogP contribution in [0, 0.1) is 5.92 Å². The van der Waals surface area contributed by atoms with Crippen LogP contribution in [0.15, 0.2) is 66.7 Å². The maximum Gasteiger partial charge on any atom is -0.0152 e. The van der Waals surface area contributed by atoms with E-state index in [1.165, 1.54) is 42.0 Å². The zero-order valence-electron chi connectivity index (χ0n) is 12.3. The molecular formula is C21H20. The highest BCUT2D eigenvalue weighted by Gasteiger charge is 2.19. The molecule has 0 heteroatoms. The van der Waals surface area contributed by atoms with Crippen LogP contribution in [0.2, 0.25) is 0 Å². The molecule has 4 rings (SSSR count). The smallest absolute Gasteiger partial charge is 0.0152 e. The highest BCUT2D eigenvalue weighted by molar-refractivity contribution is 5.85. The average Bonchev–Trinajstić information content (AvgIpc) is 2.55. The lowest BCUT2D eigenvalue weighted by molar-refractivity contribution is 0.457. The topological polar surface area (TPSA) is 0 Å². The van der Waals surface area contributed by atoms with Crippen molar-refractivity contribution in [2.75, 3.05) is 0 Å². The van der Waals surface area contributed by atoms with Gasteiger partial charge in [-0.05, 0) is 59.1 Å². The Kier molecular flexibility index (Phi) is 3.23. The summed E-state index contributed by atoms with van der Waals surface area (Å²) in [6, 6.07) is 24.4. The first kappa shape index (κ1) is 12.6. The van der Waals surface area contributed by atoms with Crippen molar-refractivity contribution < 1.29 is 0 Å². The molecule has 104 valence electrons. The summed E-state index contributed by atoms with van der Waals surface area (Å²) in [5.74, 6) is 0.783. The summed E-state index contributed by atoms with van der Waals surface area (Å²) in [4.78, 5) is 0. The number of hydrogen-bond acceptors (Lipinski definition) is 0. The van der Waals surface area contributed by atoms with Gasteiger partial charge in [0.15, 0.2) is 0 Å². The molecule has 0 spiro atoms. The van der Waals surface area contributed by atoms with Crippen molar-refractivity contribution >= 4 is 10.8 Å². The monoisotopic (exact) mass is 272 g/mol. The Labute approximate surface area is 126 Å². The second-order valence-corrected chi connectivity index (χ2v) is 6.22. The van der Waals surface area contributed by atoms with Crippen molar-refractivity contribution in [2.24, 2.45) is 5.92 Å². The van der Waals surface area contributed by atoms with E-state index >= 15 is 0 Å². The van der Waals surface area contributed by atoms with Gasteiger partial charge in [-0.2, -0.15) is 0 Å². The third-order valence-corrected chi connectivity index (χ3v) is 4.84. The number of fused-ring (bicyclic) bond motifs is 2. The normalized spacial score (nSPS) is 17.6. The van der Waals surface area contributed by atoms with E-state index in [1.807, 2.05) is 0 Å². The molecule has 0 nitrogen and oxygen atoms in total. The van der Waals surface area contributed by atoms with Crippen molar-refractivity contribution in [2.45, 2.75) is 25.7 Å². The SMILES string of the molecule is c1ccc2c(c1)CC[C@H](Cc1cccc3ccccc13)C2. The van der Waals surface area contributed by atoms with Crippen LogP contribution < -0.4 is 0 Å². The summed E-state index contributed by atoms with van der Waals surface area (Å²) < 4.78 is 0. The van der Waals surface area contributed by atoms with Gasteiger partial charge in [0.2, 0.25) is 0 Å². The van der Waals surface area contributed by atoms with E-state index in [9.17, 15) is 0 Å². The van der Waals surface area contributed by atoms with Crippen LogP contribution in [0.25, 0.3) is 10.8 Å². The van der Waals surface area contributed by atoms with Gasteiger partial charge in [-0.25, -0.2) is 0 Å². The van der Waals surface area contributed by atoms with Crippen LogP contribution in [-0.2, 0) is 19.3 Å². The third kappa shape index (κ3) is 2.47. The Hall–Kier alpha value is -2.08. The summed E-state index contributed by atoms with van der Waals surface area (Å²) >= 11 is 0. The predicted octanol–water partition coefficient (Wildman–Crippen LogP) is 5.19. The molecule has 0 saturated heterocycles. The maximum atomic E-state index is 2.31. The molecule has 1 aliphatic rings. The summed E-state index contributed by atoms with van der Waals surface area (Å²) in [6.07, 6.45) is 5.00. The van der Waals surface area contributed by atoms with Crippen molar-refractivity contribution in [3.05, 3.63) is 83.4 Å². The van der Waals surface area contributed by atoms with E-state index in [2.05, 4.69) is 66.7 Å². The minimum atomic E-state index is 0.783. The Morgan fingerprint density at radius 2 is 1.52 bits per heavy atom. The fourth-order valence-electron chi connectivity index (χ4n) is 3.73. The average molecular weight is 272 g/mol. The lowest BCUT2D eigenvalue weighted by atomic mass is 9.80. The van der Waals surface area contributed by atoms with Crippen molar-refractivity contribution in [1.82, 2.24) is 0 Å². The predicted molar refractivity (Wildman–Crippen MR) is 89.6 cm³/mol. The van der Waals surface area contributed by atoms with Crippen LogP contribution in [0.5, 0.6) is 0 Å². The molecule has 0 saturated carbocycles. The summed E-state index contributed by atoms with van der Waals surface area (Å²) in [7, 11) is 0. The minimum Gasteiger partial charge on any atom is -0.0620 e. The van der Waals surface area contributed by atoms with Crippen molar-refractivity contribution in [1.29, 1.82) is 0 Å². The van der Waals surface area contributed by atoms with E-state index in [0.29, 0.717) is 0 Å². The molecular weight excluding hydrogens is 252 g/mol. The summed E-state index contributed by atoms with van der Waals surface area (Å²) in [6.45, 7) is 0. The van der Waals surface area contributed by atoms with Gasteiger partial charge < -0.3 is 0 Å². The molecule has 3 aromatic carbocycles. The van der Waals surface area contributed by atoms with Gasteiger partial charge in [0.05, 0.1) is 0 Å². The van der Waals surface area contributed by atoms with Gasteiger partial charge in [-0.3, -0.25) is 0 Å². The molecule has 0 amide bonds. The quantitative estimate of drug-likeness (QED) is 0.602. The van der Waals surface area contributed by atoms with Crippen LogP contribution in [0.1, 0.15) is 23.1 Å². The van der Waals surface area contributed by atoms with Crippen LogP contribution >= 0.6 is 0 Å². The zero-order chi connectivity index (χ0) is 14.1. The van der Waals surface area contributed by atoms with Gasteiger partial charge in [-0.15, -0.1) is 0 Å². The van der Waals surface area contributed by atoms with E-state index in [4.69, 9.17) is 0 Å². The first-order valence-electron chi connectivity index (χ1n) is 7.93. The molecule has 0 radical (unpaired) electrons. The molecule has 1 atom stereocenters. The number of rotatable bonds is 2. The van der Waals surface area contributed by atoms with E-state index in [0.717, 1.165) is 5.92 Å². The Morgan fingerprint density at radius 1 is 0.762 bits per heavy atom. The van der Waals surface area contributed by atoms with Crippen LogP contribution in [0.4, 0.5) is 0 Å². The van der Waals surface area contributed by atoms with Gasteiger partial charge >= 0.3 is 0 Å². The van der Waals surface area contributed by atoms with Crippen LogP contribution in [-0.4, -0.2) is 0 Å². The molecule has 0 aromatic heterocycles. The Balaban J connectivity index is 1.62. The van der Waals surface area contributed by atoms with Gasteiger partial charge in [-0.1, -0.05) is 66.7 Å². The molecule has 0 heterocycles. The Morgan fingerprint density at radius 3 is 2.48 bits per heavy atom. The summed E-state index contributed by atoms with van der Waals surface area (Å²) in [5, 5.41) is 2.80. The number of aryl methyl sites for hydroxylation is 1. The third-order valence-electron chi connectivity index (χ3n) is 4.84.